The number of hydrogen-bond donors (Lipinski definition) is 2. The summed E-state index contributed by atoms with van der Waals surface area (Å²) in [7, 11) is 0. The van der Waals surface area contributed by atoms with E-state index in [9.17, 15) is 19.7 Å². The molecule has 2 heterocycles. The zero-order chi connectivity index (χ0) is 20.1. The van der Waals surface area contributed by atoms with Gasteiger partial charge in [0.05, 0.1) is 36.4 Å². The fraction of sp³-hybridized carbons (Fsp3) is 0.444. The van der Waals surface area contributed by atoms with E-state index in [4.69, 9.17) is 9.47 Å². The van der Waals surface area contributed by atoms with Crippen LogP contribution in [0.2, 0.25) is 0 Å². The van der Waals surface area contributed by atoms with Crippen LogP contribution in [0.4, 0.5) is 10.5 Å². The first-order valence-corrected chi connectivity index (χ1v) is 9.01. The minimum atomic E-state index is -0.760. The molecule has 10 nitrogen and oxygen atoms in total. The number of amides is 2. The number of nitro groups is 1. The van der Waals surface area contributed by atoms with Crippen LogP contribution < -0.4 is 10.6 Å². The van der Waals surface area contributed by atoms with Crippen molar-refractivity contribution in [3.8, 4) is 0 Å². The number of esters is 1. The number of urea groups is 1. The lowest BCUT2D eigenvalue weighted by molar-refractivity contribution is -0.384. The first-order chi connectivity index (χ1) is 13.5. The van der Waals surface area contributed by atoms with Gasteiger partial charge in [0.2, 0.25) is 0 Å². The second kappa shape index (κ2) is 8.81. The van der Waals surface area contributed by atoms with Crippen LogP contribution in [-0.4, -0.2) is 61.3 Å². The molecule has 0 saturated carbocycles. The van der Waals surface area contributed by atoms with Crippen molar-refractivity contribution >= 4 is 17.7 Å². The molecule has 0 bridgehead atoms. The van der Waals surface area contributed by atoms with Crippen molar-refractivity contribution < 1.29 is 24.0 Å². The average molecular weight is 390 g/mol. The molecule has 0 spiro atoms. The van der Waals surface area contributed by atoms with Crippen LogP contribution in [0.25, 0.3) is 0 Å². The van der Waals surface area contributed by atoms with Gasteiger partial charge in [-0.25, -0.2) is 9.59 Å². The van der Waals surface area contributed by atoms with Crippen LogP contribution in [-0.2, 0) is 14.3 Å². The van der Waals surface area contributed by atoms with Gasteiger partial charge in [-0.2, -0.15) is 0 Å². The molecule has 1 aromatic carbocycles. The van der Waals surface area contributed by atoms with Crippen LogP contribution in [0.3, 0.4) is 0 Å². The third-order valence-corrected chi connectivity index (χ3v) is 4.57. The number of morpholine rings is 1. The molecule has 1 fully saturated rings. The molecule has 1 aromatic rings. The van der Waals surface area contributed by atoms with Gasteiger partial charge in [-0.05, 0) is 24.6 Å². The Kier molecular flexibility index (Phi) is 6.22. The number of nitrogens with one attached hydrogen (secondary N) is 2. The van der Waals surface area contributed by atoms with E-state index in [1.54, 1.807) is 6.92 Å². The number of benzene rings is 1. The molecule has 28 heavy (non-hydrogen) atoms. The summed E-state index contributed by atoms with van der Waals surface area (Å²) >= 11 is 0. The van der Waals surface area contributed by atoms with Crippen molar-refractivity contribution in [2.75, 3.05) is 39.5 Å². The number of nitro benzene ring substituents is 1. The summed E-state index contributed by atoms with van der Waals surface area (Å²) in [5, 5.41) is 16.3. The maximum atomic E-state index is 12.7. The van der Waals surface area contributed by atoms with Crippen molar-refractivity contribution in [3.05, 3.63) is 51.2 Å². The zero-order valence-electron chi connectivity index (χ0n) is 15.5. The molecule has 0 aromatic heterocycles. The predicted octanol–water partition coefficient (Wildman–Crippen LogP) is 1.10. The molecule has 1 atom stereocenters. The largest absolute Gasteiger partial charge is 0.463 e. The molecular weight excluding hydrogens is 368 g/mol. The number of hydrogen-bond acceptors (Lipinski definition) is 7. The average Bonchev–Trinajstić information content (AvgIpc) is 2.68. The molecule has 0 aliphatic carbocycles. The highest BCUT2D eigenvalue weighted by molar-refractivity contribution is 5.95. The highest BCUT2D eigenvalue weighted by Gasteiger charge is 2.34. The standard InChI is InChI=1S/C18H22N4O6/c1-2-28-17(23)15-14(11-21-7-9-27-10-8-21)19-18(24)20-16(15)12-3-5-13(6-4-12)22(25)26/h3-6,16H,2,7-11H2,1H3,(H2,19,20,24). The Hall–Kier alpha value is -2.98. The van der Waals surface area contributed by atoms with Gasteiger partial charge < -0.3 is 20.1 Å². The molecule has 3 rings (SSSR count). The molecule has 2 amide bonds. The van der Waals surface area contributed by atoms with Gasteiger partial charge in [-0.1, -0.05) is 0 Å². The van der Waals surface area contributed by atoms with Gasteiger partial charge in [0.1, 0.15) is 0 Å². The van der Waals surface area contributed by atoms with E-state index in [0.717, 1.165) is 0 Å². The van der Waals surface area contributed by atoms with Crippen molar-refractivity contribution in [2.45, 2.75) is 13.0 Å². The number of rotatable bonds is 6. The number of carbonyl (C=O) groups excluding carboxylic acids is 2. The van der Waals surface area contributed by atoms with Gasteiger partial charge in [0.25, 0.3) is 5.69 Å². The van der Waals surface area contributed by atoms with Crippen molar-refractivity contribution in [1.29, 1.82) is 0 Å². The minimum absolute atomic E-state index is 0.0702. The quantitative estimate of drug-likeness (QED) is 0.423. The van der Waals surface area contributed by atoms with Crippen molar-refractivity contribution in [3.63, 3.8) is 0 Å². The molecule has 2 aliphatic heterocycles. The molecule has 0 radical (unpaired) electrons. The lowest BCUT2D eigenvalue weighted by Crippen LogP contribution is -2.49. The Morgan fingerprint density at radius 1 is 1.32 bits per heavy atom. The maximum Gasteiger partial charge on any atom is 0.338 e. The van der Waals surface area contributed by atoms with Gasteiger partial charge in [-0.15, -0.1) is 0 Å². The Balaban J connectivity index is 1.97. The van der Waals surface area contributed by atoms with Crippen LogP contribution in [0, 0.1) is 10.1 Å². The number of non-ortho nitro benzene ring substituents is 1. The lowest BCUT2D eigenvalue weighted by atomic mass is 9.94. The first-order valence-electron chi connectivity index (χ1n) is 9.01. The summed E-state index contributed by atoms with van der Waals surface area (Å²) in [5.74, 6) is -0.540. The lowest BCUT2D eigenvalue weighted by Gasteiger charge is -2.33. The van der Waals surface area contributed by atoms with Gasteiger partial charge in [-0.3, -0.25) is 15.0 Å². The molecule has 150 valence electrons. The smallest absolute Gasteiger partial charge is 0.338 e. The minimum Gasteiger partial charge on any atom is -0.463 e. The Bertz CT molecular complexity index is 786. The Labute approximate surface area is 161 Å². The van der Waals surface area contributed by atoms with Crippen molar-refractivity contribution in [1.82, 2.24) is 15.5 Å². The fourth-order valence-corrected chi connectivity index (χ4v) is 3.21. The number of carbonyl (C=O) groups is 2. The Morgan fingerprint density at radius 3 is 2.61 bits per heavy atom. The van der Waals surface area contributed by atoms with Gasteiger partial charge in [0, 0.05) is 37.5 Å². The summed E-state index contributed by atoms with van der Waals surface area (Å²) in [6.07, 6.45) is 0. The van der Waals surface area contributed by atoms with Crippen LogP contribution in [0.1, 0.15) is 18.5 Å². The Morgan fingerprint density at radius 2 is 2.00 bits per heavy atom. The van der Waals surface area contributed by atoms with Crippen molar-refractivity contribution in [2.24, 2.45) is 0 Å². The highest BCUT2D eigenvalue weighted by atomic mass is 16.6. The summed E-state index contributed by atoms with van der Waals surface area (Å²) in [6.45, 7) is 4.80. The van der Waals surface area contributed by atoms with E-state index in [1.165, 1.54) is 24.3 Å². The first kappa shape index (κ1) is 19.8. The third-order valence-electron chi connectivity index (χ3n) is 4.57. The van der Waals surface area contributed by atoms with Crippen LogP contribution in [0.15, 0.2) is 35.5 Å². The van der Waals surface area contributed by atoms with Crippen LogP contribution in [0.5, 0.6) is 0 Å². The van der Waals surface area contributed by atoms with E-state index in [0.29, 0.717) is 49.7 Å². The second-order valence-corrected chi connectivity index (χ2v) is 6.38. The van der Waals surface area contributed by atoms with E-state index in [1.807, 2.05) is 0 Å². The third kappa shape index (κ3) is 4.46. The molecule has 10 heteroatoms. The molecule has 2 aliphatic rings. The topological polar surface area (TPSA) is 123 Å². The van der Waals surface area contributed by atoms with E-state index in [2.05, 4.69) is 15.5 Å². The summed E-state index contributed by atoms with van der Waals surface area (Å²) in [5.41, 5.74) is 1.25. The van der Waals surface area contributed by atoms with E-state index >= 15 is 0 Å². The SMILES string of the molecule is CCOC(=O)C1=C(CN2CCOCC2)NC(=O)NC1c1ccc([N+](=O)[O-])cc1. The molecule has 1 unspecified atom stereocenters. The molecule has 1 saturated heterocycles. The monoisotopic (exact) mass is 390 g/mol. The predicted molar refractivity (Wildman–Crippen MR) is 98.4 cm³/mol. The van der Waals surface area contributed by atoms with Gasteiger partial charge in [0.15, 0.2) is 0 Å². The number of ether oxygens (including phenoxy) is 2. The molecular formula is C18H22N4O6. The summed E-state index contributed by atoms with van der Waals surface area (Å²) < 4.78 is 10.5. The zero-order valence-corrected chi connectivity index (χ0v) is 15.5. The molecule has 2 N–H and O–H groups in total. The summed E-state index contributed by atoms with van der Waals surface area (Å²) in [6, 6.07) is 4.53. The van der Waals surface area contributed by atoms with E-state index < -0.39 is 23.0 Å². The maximum absolute atomic E-state index is 12.7. The van der Waals surface area contributed by atoms with Gasteiger partial charge >= 0.3 is 12.0 Å². The highest BCUT2D eigenvalue weighted by Crippen LogP contribution is 2.29. The van der Waals surface area contributed by atoms with E-state index in [-0.39, 0.29) is 12.3 Å². The summed E-state index contributed by atoms with van der Waals surface area (Å²) in [4.78, 5) is 37.4. The van der Waals surface area contributed by atoms with Crippen LogP contribution >= 0.6 is 0 Å². The fourth-order valence-electron chi connectivity index (χ4n) is 3.21. The normalized spacial score (nSPS) is 20.3. The number of nitrogens with zero attached hydrogens (tertiary/aromatic N) is 2. The second-order valence-electron chi connectivity index (χ2n) is 6.38.